The predicted octanol–water partition coefficient (Wildman–Crippen LogP) is 4.14. The first kappa shape index (κ1) is 20.7. The zero-order valence-corrected chi connectivity index (χ0v) is 18.1. The standard InChI is InChI=1S/C24H18N6O2S/c25-33(31,32)20-8-6-19(7-9-20)29-24-28-15-18-5-10-21(16-3-1-11-26-13-16)22(23(18)30-24)17-4-2-12-27-14-17/h1-15H,(H2,25,31,32)(H,28,29,30). The Bertz CT molecular complexity index is 1540. The van der Waals surface area contributed by atoms with E-state index in [1.165, 1.54) is 12.1 Å². The van der Waals surface area contributed by atoms with Crippen molar-refractivity contribution in [1.82, 2.24) is 19.9 Å². The Hall–Kier alpha value is -4.21. The highest BCUT2D eigenvalue weighted by Gasteiger charge is 2.15. The molecule has 0 aliphatic heterocycles. The van der Waals surface area contributed by atoms with E-state index >= 15 is 0 Å². The summed E-state index contributed by atoms with van der Waals surface area (Å²) in [6.07, 6.45) is 8.83. The van der Waals surface area contributed by atoms with Crippen LogP contribution in [0.5, 0.6) is 0 Å². The number of fused-ring (bicyclic) bond motifs is 1. The van der Waals surface area contributed by atoms with Crippen LogP contribution in [0.2, 0.25) is 0 Å². The van der Waals surface area contributed by atoms with Gasteiger partial charge in [-0.1, -0.05) is 24.3 Å². The van der Waals surface area contributed by atoms with Gasteiger partial charge in [-0.2, -0.15) is 0 Å². The molecule has 0 bridgehead atoms. The first-order valence-electron chi connectivity index (χ1n) is 9.99. The lowest BCUT2D eigenvalue weighted by atomic mass is 9.94. The Labute approximate surface area is 190 Å². The molecule has 0 aliphatic rings. The molecule has 0 aliphatic carbocycles. The molecule has 5 rings (SSSR count). The molecule has 3 aromatic heterocycles. The van der Waals surface area contributed by atoms with E-state index in [0.717, 1.165) is 33.2 Å². The fraction of sp³-hybridized carbons (Fsp3) is 0. The number of rotatable bonds is 5. The van der Waals surface area contributed by atoms with Gasteiger partial charge in [0.05, 0.1) is 10.4 Å². The summed E-state index contributed by atoms with van der Waals surface area (Å²) in [6.45, 7) is 0. The molecule has 9 heteroatoms. The van der Waals surface area contributed by atoms with Gasteiger partial charge in [-0.3, -0.25) is 9.97 Å². The van der Waals surface area contributed by atoms with Crippen molar-refractivity contribution in [3.8, 4) is 22.3 Å². The fourth-order valence-corrected chi connectivity index (χ4v) is 4.10. The van der Waals surface area contributed by atoms with Crippen LogP contribution < -0.4 is 10.5 Å². The second kappa shape index (κ2) is 8.38. The average Bonchev–Trinajstić information content (AvgIpc) is 2.84. The summed E-state index contributed by atoms with van der Waals surface area (Å²) < 4.78 is 23.0. The predicted molar refractivity (Wildman–Crippen MR) is 127 cm³/mol. The molecule has 0 amide bonds. The van der Waals surface area contributed by atoms with Gasteiger partial charge in [-0.25, -0.2) is 23.5 Å². The number of sulfonamides is 1. The van der Waals surface area contributed by atoms with Gasteiger partial charge >= 0.3 is 0 Å². The smallest absolute Gasteiger partial charge is 0.238 e. The molecule has 3 heterocycles. The second-order valence-corrected chi connectivity index (χ2v) is 8.86. The first-order valence-corrected chi connectivity index (χ1v) is 11.5. The van der Waals surface area contributed by atoms with Gasteiger partial charge in [-0.15, -0.1) is 0 Å². The van der Waals surface area contributed by atoms with Gasteiger partial charge in [0.25, 0.3) is 0 Å². The molecule has 0 radical (unpaired) electrons. The molecule has 2 aromatic carbocycles. The van der Waals surface area contributed by atoms with E-state index in [9.17, 15) is 8.42 Å². The number of nitrogens with one attached hydrogen (secondary N) is 1. The molecule has 8 nitrogen and oxygen atoms in total. The largest absolute Gasteiger partial charge is 0.324 e. The lowest BCUT2D eigenvalue weighted by molar-refractivity contribution is 0.598. The number of nitrogens with zero attached hydrogens (tertiary/aromatic N) is 4. The minimum Gasteiger partial charge on any atom is -0.324 e. The van der Waals surface area contributed by atoms with Crippen LogP contribution in [-0.4, -0.2) is 28.4 Å². The van der Waals surface area contributed by atoms with E-state index in [-0.39, 0.29) is 4.90 Å². The van der Waals surface area contributed by atoms with Crippen LogP contribution in [-0.2, 0) is 10.0 Å². The molecule has 33 heavy (non-hydrogen) atoms. The molecule has 0 unspecified atom stereocenters. The number of hydrogen-bond donors (Lipinski definition) is 2. The number of aromatic nitrogens is 4. The van der Waals surface area contributed by atoms with E-state index in [0.29, 0.717) is 11.6 Å². The monoisotopic (exact) mass is 454 g/mol. The highest BCUT2D eigenvalue weighted by atomic mass is 32.2. The van der Waals surface area contributed by atoms with Crippen LogP contribution in [0.3, 0.4) is 0 Å². The van der Waals surface area contributed by atoms with E-state index in [4.69, 9.17) is 10.1 Å². The third-order valence-electron chi connectivity index (χ3n) is 5.11. The topological polar surface area (TPSA) is 124 Å². The van der Waals surface area contributed by atoms with E-state index < -0.39 is 10.0 Å². The minimum atomic E-state index is -3.76. The molecule has 0 saturated carbocycles. The molecule has 3 N–H and O–H groups in total. The highest BCUT2D eigenvalue weighted by Crippen LogP contribution is 2.37. The first-order chi connectivity index (χ1) is 16.0. The zero-order valence-electron chi connectivity index (χ0n) is 17.3. The van der Waals surface area contributed by atoms with Gasteiger partial charge in [0, 0.05) is 58.7 Å². The SMILES string of the molecule is NS(=O)(=O)c1ccc(Nc2ncc3ccc(-c4cccnc4)c(-c4cccnc4)c3n2)cc1. The molecule has 162 valence electrons. The Kier molecular flexibility index (Phi) is 5.25. The van der Waals surface area contributed by atoms with Gasteiger partial charge in [0.15, 0.2) is 0 Å². The summed E-state index contributed by atoms with van der Waals surface area (Å²) in [4.78, 5) is 17.8. The number of primary sulfonamides is 1. The van der Waals surface area contributed by atoms with Crippen LogP contribution in [0.25, 0.3) is 33.2 Å². The van der Waals surface area contributed by atoms with Crippen LogP contribution in [0.15, 0.2) is 96.5 Å². The maximum absolute atomic E-state index is 11.5. The fourth-order valence-electron chi connectivity index (χ4n) is 3.58. The molecular weight excluding hydrogens is 436 g/mol. The van der Waals surface area contributed by atoms with Crippen LogP contribution in [0.1, 0.15) is 0 Å². The summed E-state index contributed by atoms with van der Waals surface area (Å²) >= 11 is 0. The summed E-state index contributed by atoms with van der Waals surface area (Å²) in [5.41, 5.74) is 5.17. The lowest BCUT2D eigenvalue weighted by Crippen LogP contribution is -2.11. The quantitative estimate of drug-likeness (QED) is 0.409. The molecule has 0 saturated heterocycles. The maximum Gasteiger partial charge on any atom is 0.238 e. The van der Waals surface area contributed by atoms with Crippen molar-refractivity contribution in [2.75, 3.05) is 5.32 Å². The van der Waals surface area contributed by atoms with Crippen molar-refractivity contribution in [2.45, 2.75) is 4.90 Å². The molecular formula is C24H18N6O2S. The maximum atomic E-state index is 11.5. The lowest BCUT2D eigenvalue weighted by Gasteiger charge is -2.14. The summed E-state index contributed by atoms with van der Waals surface area (Å²) in [7, 11) is -3.76. The van der Waals surface area contributed by atoms with Crippen LogP contribution >= 0.6 is 0 Å². The van der Waals surface area contributed by atoms with Crippen molar-refractivity contribution in [1.29, 1.82) is 0 Å². The highest BCUT2D eigenvalue weighted by molar-refractivity contribution is 7.89. The van der Waals surface area contributed by atoms with Crippen molar-refractivity contribution in [2.24, 2.45) is 5.14 Å². The van der Waals surface area contributed by atoms with E-state index in [1.807, 2.05) is 42.6 Å². The molecule has 0 spiro atoms. The number of pyridine rings is 2. The van der Waals surface area contributed by atoms with Gasteiger partial charge < -0.3 is 5.32 Å². The van der Waals surface area contributed by atoms with Crippen molar-refractivity contribution in [3.05, 3.63) is 91.6 Å². The van der Waals surface area contributed by atoms with Crippen molar-refractivity contribution in [3.63, 3.8) is 0 Å². The Balaban J connectivity index is 1.64. The number of anilines is 2. The van der Waals surface area contributed by atoms with Gasteiger partial charge in [-0.05, 0) is 42.0 Å². The van der Waals surface area contributed by atoms with Crippen molar-refractivity contribution < 1.29 is 8.42 Å². The minimum absolute atomic E-state index is 0.0347. The third-order valence-corrected chi connectivity index (χ3v) is 6.04. The third kappa shape index (κ3) is 4.27. The van der Waals surface area contributed by atoms with Gasteiger partial charge in [0.1, 0.15) is 0 Å². The Morgan fingerprint density at radius 3 is 2.12 bits per heavy atom. The van der Waals surface area contributed by atoms with Crippen LogP contribution in [0.4, 0.5) is 11.6 Å². The van der Waals surface area contributed by atoms with Gasteiger partial charge in [0.2, 0.25) is 16.0 Å². The van der Waals surface area contributed by atoms with E-state index in [1.54, 1.807) is 36.9 Å². The second-order valence-electron chi connectivity index (χ2n) is 7.30. The van der Waals surface area contributed by atoms with Crippen LogP contribution in [0, 0.1) is 0 Å². The number of hydrogen-bond acceptors (Lipinski definition) is 7. The molecule has 0 atom stereocenters. The molecule has 0 fully saturated rings. The summed E-state index contributed by atoms with van der Waals surface area (Å²) in [5, 5.41) is 9.17. The number of benzene rings is 2. The van der Waals surface area contributed by atoms with E-state index in [2.05, 4.69) is 20.3 Å². The Morgan fingerprint density at radius 1 is 0.788 bits per heavy atom. The Morgan fingerprint density at radius 2 is 1.48 bits per heavy atom. The van der Waals surface area contributed by atoms with Crippen molar-refractivity contribution >= 4 is 32.6 Å². The average molecular weight is 455 g/mol. The normalized spacial score (nSPS) is 11.4. The molecule has 5 aromatic rings. The zero-order chi connectivity index (χ0) is 22.8. The summed E-state index contributed by atoms with van der Waals surface area (Å²) in [6, 6.07) is 17.9. The number of nitrogens with two attached hydrogens (primary N) is 1. The summed E-state index contributed by atoms with van der Waals surface area (Å²) in [5.74, 6) is 0.374.